The highest BCUT2D eigenvalue weighted by Crippen LogP contribution is 2.24. The van der Waals surface area contributed by atoms with Crippen LogP contribution in [0.4, 0.5) is 10.5 Å². The molecule has 0 spiro atoms. The summed E-state index contributed by atoms with van der Waals surface area (Å²) >= 11 is 6.13. The number of amides is 2. The van der Waals surface area contributed by atoms with Crippen molar-refractivity contribution >= 4 is 29.3 Å². The first kappa shape index (κ1) is 21.7. The van der Waals surface area contributed by atoms with Gasteiger partial charge in [0.25, 0.3) is 0 Å². The number of nitrogens with one attached hydrogen (secondary N) is 1. The molecule has 7 nitrogen and oxygen atoms in total. The largest absolute Gasteiger partial charge is 0.444 e. The van der Waals surface area contributed by atoms with Gasteiger partial charge in [0.15, 0.2) is 0 Å². The van der Waals surface area contributed by atoms with E-state index in [-0.39, 0.29) is 5.91 Å². The molecule has 0 aromatic heterocycles. The van der Waals surface area contributed by atoms with Crippen molar-refractivity contribution in [3.63, 3.8) is 0 Å². The third-order valence-electron chi connectivity index (χ3n) is 5.25. The maximum Gasteiger partial charge on any atom is 0.411 e. The number of halogens is 1. The van der Waals surface area contributed by atoms with Gasteiger partial charge >= 0.3 is 6.09 Å². The van der Waals surface area contributed by atoms with Crippen molar-refractivity contribution < 1.29 is 14.3 Å². The van der Waals surface area contributed by atoms with Crippen LogP contribution >= 0.6 is 11.6 Å². The number of aryl methyl sites for hydroxylation is 1. The molecule has 0 saturated carbocycles. The van der Waals surface area contributed by atoms with E-state index in [1.165, 1.54) is 0 Å². The monoisotopic (exact) mass is 422 g/mol. The molecule has 1 aromatic rings. The van der Waals surface area contributed by atoms with Crippen molar-refractivity contribution in [1.82, 2.24) is 15.1 Å². The van der Waals surface area contributed by atoms with Gasteiger partial charge in [0.2, 0.25) is 5.91 Å². The molecule has 3 rings (SSSR count). The molecular formula is C21H31ClN4O3. The fourth-order valence-electron chi connectivity index (χ4n) is 3.69. The molecular weight excluding hydrogens is 392 g/mol. The summed E-state index contributed by atoms with van der Waals surface area (Å²) in [5.74, 6) is -0.0185. The lowest BCUT2D eigenvalue weighted by Crippen LogP contribution is -2.62. The molecule has 2 heterocycles. The van der Waals surface area contributed by atoms with E-state index >= 15 is 0 Å². The zero-order valence-corrected chi connectivity index (χ0v) is 18.5. The minimum atomic E-state index is -0.585. The van der Waals surface area contributed by atoms with Gasteiger partial charge in [-0.05, 0) is 51.5 Å². The van der Waals surface area contributed by atoms with Crippen molar-refractivity contribution in [1.29, 1.82) is 0 Å². The first-order chi connectivity index (χ1) is 13.7. The predicted octanol–water partition coefficient (Wildman–Crippen LogP) is 2.51. The van der Waals surface area contributed by atoms with Crippen LogP contribution in [0.25, 0.3) is 0 Å². The molecule has 2 aliphatic rings. The second kappa shape index (κ2) is 8.79. The highest BCUT2D eigenvalue weighted by atomic mass is 35.5. The summed E-state index contributed by atoms with van der Waals surface area (Å²) in [5, 5.41) is 3.99. The zero-order valence-electron chi connectivity index (χ0n) is 17.7. The van der Waals surface area contributed by atoms with Crippen molar-refractivity contribution in [2.45, 2.75) is 39.3 Å². The molecule has 1 atom stereocenters. The maximum absolute atomic E-state index is 13.2. The molecule has 1 N–H and O–H groups in total. The van der Waals surface area contributed by atoms with Crippen molar-refractivity contribution in [2.75, 3.05) is 50.7 Å². The second-order valence-corrected chi connectivity index (χ2v) is 9.05. The van der Waals surface area contributed by atoms with E-state index in [0.29, 0.717) is 32.7 Å². The summed E-state index contributed by atoms with van der Waals surface area (Å²) in [6.45, 7) is 11.8. The summed E-state index contributed by atoms with van der Waals surface area (Å²) in [6, 6.07) is 5.48. The number of piperazine rings is 2. The van der Waals surface area contributed by atoms with Crippen molar-refractivity contribution in [3.05, 3.63) is 28.8 Å². The lowest BCUT2D eigenvalue weighted by Gasteiger charge is -2.41. The van der Waals surface area contributed by atoms with Gasteiger partial charge < -0.3 is 19.9 Å². The lowest BCUT2D eigenvalue weighted by molar-refractivity contribution is -0.137. The molecule has 2 saturated heterocycles. The van der Waals surface area contributed by atoms with E-state index in [4.69, 9.17) is 16.3 Å². The normalized spacial score (nSPS) is 20.6. The van der Waals surface area contributed by atoms with Crippen LogP contribution in [0.3, 0.4) is 0 Å². The number of carbonyl (C=O) groups excluding carboxylic acids is 2. The minimum absolute atomic E-state index is 0.0185. The molecule has 8 heteroatoms. The number of hydrogen-bond donors (Lipinski definition) is 1. The Bertz CT molecular complexity index is 757. The van der Waals surface area contributed by atoms with Crippen LogP contribution in [0.1, 0.15) is 26.3 Å². The fraction of sp³-hybridized carbons (Fsp3) is 0.619. The Kier molecular flexibility index (Phi) is 6.58. The number of benzene rings is 1. The summed E-state index contributed by atoms with van der Waals surface area (Å²) in [5.41, 5.74) is 1.58. The van der Waals surface area contributed by atoms with E-state index in [0.717, 1.165) is 29.4 Å². The van der Waals surface area contributed by atoms with Crippen LogP contribution in [-0.2, 0) is 9.53 Å². The molecule has 0 radical (unpaired) electrons. The van der Waals surface area contributed by atoms with E-state index in [1.807, 2.05) is 44.7 Å². The Morgan fingerprint density at radius 1 is 1.14 bits per heavy atom. The maximum atomic E-state index is 13.2. The molecule has 0 bridgehead atoms. The summed E-state index contributed by atoms with van der Waals surface area (Å²) < 4.78 is 5.51. The fourth-order valence-corrected chi connectivity index (χ4v) is 3.80. The van der Waals surface area contributed by atoms with E-state index in [9.17, 15) is 9.59 Å². The Hall–Kier alpha value is -1.99. The average Bonchev–Trinajstić information content (AvgIpc) is 2.68. The van der Waals surface area contributed by atoms with Gasteiger partial charge in [-0.2, -0.15) is 0 Å². The SMILES string of the molecule is Cc1cc(N2CCN(C(=O)C3CNCCN3C(=O)OC(C)(C)C)CC2)ccc1Cl. The van der Waals surface area contributed by atoms with Gasteiger partial charge in [-0.25, -0.2) is 4.79 Å². The van der Waals surface area contributed by atoms with Gasteiger partial charge in [-0.15, -0.1) is 0 Å². The van der Waals surface area contributed by atoms with Crippen LogP contribution < -0.4 is 10.2 Å². The van der Waals surface area contributed by atoms with E-state index in [2.05, 4.69) is 16.3 Å². The van der Waals surface area contributed by atoms with Crippen LogP contribution in [0, 0.1) is 6.92 Å². The van der Waals surface area contributed by atoms with Crippen molar-refractivity contribution in [2.24, 2.45) is 0 Å². The Morgan fingerprint density at radius 3 is 2.45 bits per heavy atom. The summed E-state index contributed by atoms with van der Waals surface area (Å²) in [6.07, 6.45) is -0.423. The third kappa shape index (κ3) is 5.34. The molecule has 2 aliphatic heterocycles. The van der Waals surface area contributed by atoms with E-state index < -0.39 is 17.7 Å². The third-order valence-corrected chi connectivity index (χ3v) is 5.68. The molecule has 2 fully saturated rings. The summed E-state index contributed by atoms with van der Waals surface area (Å²) in [7, 11) is 0. The van der Waals surface area contributed by atoms with Crippen LogP contribution in [-0.4, -0.2) is 79.3 Å². The first-order valence-electron chi connectivity index (χ1n) is 10.2. The molecule has 1 unspecified atom stereocenters. The minimum Gasteiger partial charge on any atom is -0.444 e. The molecule has 160 valence electrons. The highest BCUT2D eigenvalue weighted by Gasteiger charge is 2.37. The zero-order chi connectivity index (χ0) is 21.2. The average molecular weight is 423 g/mol. The number of ether oxygens (including phenoxy) is 1. The molecule has 0 aliphatic carbocycles. The molecule has 2 amide bonds. The number of rotatable bonds is 2. The number of carbonyl (C=O) groups is 2. The smallest absolute Gasteiger partial charge is 0.411 e. The number of nitrogens with zero attached hydrogens (tertiary/aromatic N) is 3. The van der Waals surface area contributed by atoms with Crippen LogP contribution in [0.5, 0.6) is 0 Å². The first-order valence-corrected chi connectivity index (χ1v) is 10.5. The van der Waals surface area contributed by atoms with Gasteiger partial charge in [0.1, 0.15) is 11.6 Å². The quantitative estimate of drug-likeness (QED) is 0.793. The molecule has 1 aromatic carbocycles. The topological polar surface area (TPSA) is 65.1 Å². The predicted molar refractivity (Wildman–Crippen MR) is 115 cm³/mol. The summed E-state index contributed by atoms with van der Waals surface area (Å²) in [4.78, 5) is 31.5. The van der Waals surface area contributed by atoms with E-state index in [1.54, 1.807) is 4.90 Å². The number of hydrogen-bond acceptors (Lipinski definition) is 5. The van der Waals surface area contributed by atoms with Crippen LogP contribution in [0.15, 0.2) is 18.2 Å². The van der Waals surface area contributed by atoms with Crippen molar-refractivity contribution in [3.8, 4) is 0 Å². The Labute approximate surface area is 177 Å². The Balaban J connectivity index is 1.62. The second-order valence-electron chi connectivity index (χ2n) is 8.64. The number of anilines is 1. The lowest BCUT2D eigenvalue weighted by atomic mass is 10.1. The van der Waals surface area contributed by atoms with Gasteiger partial charge in [0, 0.05) is 56.5 Å². The van der Waals surface area contributed by atoms with Gasteiger partial charge in [-0.1, -0.05) is 11.6 Å². The van der Waals surface area contributed by atoms with Crippen LogP contribution in [0.2, 0.25) is 5.02 Å². The Morgan fingerprint density at radius 2 is 1.83 bits per heavy atom. The molecule has 29 heavy (non-hydrogen) atoms. The van der Waals surface area contributed by atoms with Gasteiger partial charge in [-0.3, -0.25) is 9.69 Å². The highest BCUT2D eigenvalue weighted by molar-refractivity contribution is 6.31. The standard InChI is InChI=1S/C21H31ClN4O3/c1-15-13-16(5-6-17(15)22)24-9-11-25(12-10-24)19(27)18-14-23-7-8-26(18)20(28)29-21(2,3)4/h5-6,13,18,23H,7-12,14H2,1-4H3. The van der Waals surface area contributed by atoms with Gasteiger partial charge in [0.05, 0.1) is 0 Å².